The van der Waals surface area contributed by atoms with Gasteiger partial charge in [0.05, 0.1) is 18.0 Å². The van der Waals surface area contributed by atoms with E-state index in [1.165, 1.54) is 0 Å². The van der Waals surface area contributed by atoms with Gasteiger partial charge in [-0.15, -0.1) is 11.3 Å². The monoisotopic (exact) mass is 288 g/mol. The van der Waals surface area contributed by atoms with Crippen molar-refractivity contribution in [2.75, 3.05) is 6.54 Å². The summed E-state index contributed by atoms with van der Waals surface area (Å²) < 4.78 is 3.36. The molecule has 5 nitrogen and oxygen atoms in total. The van der Waals surface area contributed by atoms with Crippen LogP contribution in [0.15, 0.2) is 16.9 Å². The van der Waals surface area contributed by atoms with Gasteiger partial charge in [-0.3, -0.25) is 4.57 Å². The predicted octanol–water partition coefficient (Wildman–Crippen LogP) is 0.801. The van der Waals surface area contributed by atoms with Gasteiger partial charge in [-0.1, -0.05) is 11.8 Å². The Hall–Kier alpha value is -1.84. The van der Waals surface area contributed by atoms with E-state index in [1.54, 1.807) is 20.6 Å². The lowest BCUT2D eigenvalue weighted by Gasteiger charge is -2.09. The van der Waals surface area contributed by atoms with Gasteiger partial charge in [0.2, 0.25) is 0 Å². The lowest BCUT2D eigenvalue weighted by atomic mass is 10.2. The van der Waals surface area contributed by atoms with Crippen molar-refractivity contribution in [2.45, 2.75) is 32.4 Å². The molecule has 3 rings (SSSR count). The van der Waals surface area contributed by atoms with E-state index in [0.29, 0.717) is 13.1 Å². The molecule has 3 heterocycles. The summed E-state index contributed by atoms with van der Waals surface area (Å²) in [5.41, 5.74) is 5.36. The molecule has 2 aromatic heterocycles. The second-order valence-electron chi connectivity index (χ2n) is 4.74. The molecule has 0 atom stereocenters. The molecular formula is C14H16N4OS. The van der Waals surface area contributed by atoms with Crippen LogP contribution >= 0.6 is 11.3 Å². The minimum absolute atomic E-state index is 0.00249. The SMILES string of the molecule is NCC#Cc1ccc(Cn2nc3n(c2=O)CCCC3)s1. The van der Waals surface area contributed by atoms with Gasteiger partial charge in [0.25, 0.3) is 0 Å². The van der Waals surface area contributed by atoms with Crippen molar-refractivity contribution >= 4 is 11.3 Å². The van der Waals surface area contributed by atoms with E-state index in [1.807, 2.05) is 12.1 Å². The summed E-state index contributed by atoms with van der Waals surface area (Å²) in [6.45, 7) is 1.68. The van der Waals surface area contributed by atoms with Crippen LogP contribution < -0.4 is 11.4 Å². The molecular weight excluding hydrogens is 272 g/mol. The molecule has 2 N–H and O–H groups in total. The highest BCUT2D eigenvalue weighted by atomic mass is 32.1. The van der Waals surface area contributed by atoms with E-state index in [0.717, 1.165) is 41.4 Å². The van der Waals surface area contributed by atoms with Crippen molar-refractivity contribution in [2.24, 2.45) is 5.73 Å². The molecule has 0 saturated heterocycles. The number of aryl methyl sites for hydroxylation is 1. The molecule has 104 valence electrons. The highest BCUT2D eigenvalue weighted by molar-refractivity contribution is 7.12. The summed E-state index contributed by atoms with van der Waals surface area (Å²) in [5, 5.41) is 4.43. The first-order chi connectivity index (χ1) is 9.78. The Labute approximate surface area is 121 Å². The number of nitrogens with zero attached hydrogens (tertiary/aromatic N) is 3. The fourth-order valence-corrected chi connectivity index (χ4v) is 3.23. The average Bonchev–Trinajstić information content (AvgIpc) is 3.03. The first kappa shape index (κ1) is 13.2. The largest absolute Gasteiger partial charge is 0.346 e. The van der Waals surface area contributed by atoms with Gasteiger partial charge in [-0.2, -0.15) is 5.10 Å². The molecule has 0 amide bonds. The zero-order valence-electron chi connectivity index (χ0n) is 11.1. The number of aromatic nitrogens is 3. The number of nitrogens with two attached hydrogens (primary N) is 1. The van der Waals surface area contributed by atoms with Gasteiger partial charge >= 0.3 is 5.69 Å². The van der Waals surface area contributed by atoms with Crippen molar-refractivity contribution in [1.82, 2.24) is 14.3 Å². The summed E-state index contributed by atoms with van der Waals surface area (Å²) in [6, 6.07) is 3.96. The molecule has 0 aromatic carbocycles. The molecule has 2 aromatic rings. The minimum Gasteiger partial charge on any atom is -0.320 e. The standard InChI is InChI=1S/C14H16N4OS/c15-8-3-4-11-6-7-12(20-11)10-18-14(19)17-9-2-1-5-13(17)16-18/h6-7H,1-2,5,8-10,15H2. The molecule has 0 radical (unpaired) electrons. The maximum absolute atomic E-state index is 12.2. The number of hydrogen-bond donors (Lipinski definition) is 1. The Kier molecular flexibility index (Phi) is 3.72. The van der Waals surface area contributed by atoms with Gasteiger partial charge in [0.1, 0.15) is 5.82 Å². The molecule has 0 spiro atoms. The number of thiophene rings is 1. The van der Waals surface area contributed by atoms with Crippen molar-refractivity contribution in [3.63, 3.8) is 0 Å². The van der Waals surface area contributed by atoms with Crippen LogP contribution in [0, 0.1) is 11.8 Å². The van der Waals surface area contributed by atoms with E-state index < -0.39 is 0 Å². The fourth-order valence-electron chi connectivity index (χ4n) is 2.37. The summed E-state index contributed by atoms with van der Waals surface area (Å²) in [7, 11) is 0. The average molecular weight is 288 g/mol. The lowest BCUT2D eigenvalue weighted by molar-refractivity contribution is 0.511. The molecule has 0 unspecified atom stereocenters. The van der Waals surface area contributed by atoms with Gasteiger partial charge in [0.15, 0.2) is 0 Å². The van der Waals surface area contributed by atoms with Crippen molar-refractivity contribution < 1.29 is 0 Å². The van der Waals surface area contributed by atoms with E-state index in [9.17, 15) is 4.79 Å². The molecule has 1 aliphatic heterocycles. The normalized spacial score (nSPS) is 13.7. The summed E-state index contributed by atoms with van der Waals surface area (Å²) in [6.07, 6.45) is 3.09. The number of hydrogen-bond acceptors (Lipinski definition) is 4. The maximum Gasteiger partial charge on any atom is 0.346 e. The minimum atomic E-state index is 0.00249. The molecule has 1 aliphatic rings. The van der Waals surface area contributed by atoms with Crippen LogP contribution in [-0.2, 0) is 19.5 Å². The topological polar surface area (TPSA) is 65.8 Å². The first-order valence-electron chi connectivity index (χ1n) is 6.72. The van der Waals surface area contributed by atoms with Crippen LogP contribution in [0.5, 0.6) is 0 Å². The molecule has 0 fully saturated rings. The fraction of sp³-hybridized carbons (Fsp3) is 0.429. The van der Waals surface area contributed by atoms with Crippen LogP contribution in [0.2, 0.25) is 0 Å². The molecule has 0 bridgehead atoms. The number of rotatable bonds is 2. The van der Waals surface area contributed by atoms with Gasteiger partial charge in [-0.05, 0) is 25.0 Å². The Morgan fingerprint density at radius 3 is 3.10 bits per heavy atom. The summed E-state index contributed by atoms with van der Waals surface area (Å²) in [5.74, 6) is 6.75. The molecule has 0 saturated carbocycles. The van der Waals surface area contributed by atoms with Crippen molar-refractivity contribution in [1.29, 1.82) is 0 Å². The zero-order chi connectivity index (χ0) is 13.9. The van der Waals surface area contributed by atoms with Gasteiger partial charge < -0.3 is 5.73 Å². The number of fused-ring (bicyclic) bond motifs is 1. The third-order valence-electron chi connectivity index (χ3n) is 3.31. The molecule has 0 aliphatic carbocycles. The Morgan fingerprint density at radius 1 is 1.40 bits per heavy atom. The molecule has 20 heavy (non-hydrogen) atoms. The zero-order valence-corrected chi connectivity index (χ0v) is 11.9. The van der Waals surface area contributed by atoms with Crippen LogP contribution in [-0.4, -0.2) is 20.9 Å². The summed E-state index contributed by atoms with van der Waals surface area (Å²) in [4.78, 5) is 14.3. The maximum atomic E-state index is 12.2. The second kappa shape index (κ2) is 5.65. The smallest absolute Gasteiger partial charge is 0.320 e. The van der Waals surface area contributed by atoms with E-state index in [2.05, 4.69) is 16.9 Å². The van der Waals surface area contributed by atoms with Crippen LogP contribution in [0.3, 0.4) is 0 Å². The lowest BCUT2D eigenvalue weighted by Crippen LogP contribution is -2.27. The van der Waals surface area contributed by atoms with Gasteiger partial charge in [-0.25, -0.2) is 9.48 Å². The van der Waals surface area contributed by atoms with E-state index in [-0.39, 0.29) is 5.69 Å². The van der Waals surface area contributed by atoms with E-state index >= 15 is 0 Å². The van der Waals surface area contributed by atoms with Gasteiger partial charge in [0, 0.05) is 17.8 Å². The third kappa shape index (κ3) is 2.55. The Balaban J connectivity index is 1.83. The van der Waals surface area contributed by atoms with Crippen LogP contribution in [0.4, 0.5) is 0 Å². The summed E-state index contributed by atoms with van der Waals surface area (Å²) >= 11 is 1.58. The van der Waals surface area contributed by atoms with Crippen molar-refractivity contribution in [3.8, 4) is 11.8 Å². The second-order valence-corrected chi connectivity index (χ2v) is 5.91. The Morgan fingerprint density at radius 2 is 2.30 bits per heavy atom. The third-order valence-corrected chi connectivity index (χ3v) is 4.30. The quantitative estimate of drug-likeness (QED) is 0.831. The first-order valence-corrected chi connectivity index (χ1v) is 7.54. The highest BCUT2D eigenvalue weighted by Crippen LogP contribution is 2.16. The van der Waals surface area contributed by atoms with Crippen molar-refractivity contribution in [3.05, 3.63) is 38.2 Å². The molecule has 6 heteroatoms. The van der Waals surface area contributed by atoms with Crippen LogP contribution in [0.1, 0.15) is 28.4 Å². The predicted molar refractivity (Wildman–Crippen MR) is 78.8 cm³/mol. The van der Waals surface area contributed by atoms with Crippen LogP contribution in [0.25, 0.3) is 0 Å². The Bertz CT molecular complexity index is 728. The van der Waals surface area contributed by atoms with E-state index in [4.69, 9.17) is 5.73 Å². The highest BCUT2D eigenvalue weighted by Gasteiger charge is 2.16.